The van der Waals surface area contributed by atoms with Crippen molar-refractivity contribution >= 4 is 33.9 Å². The van der Waals surface area contributed by atoms with Crippen molar-refractivity contribution in [3.05, 3.63) is 35.0 Å². The number of benzene rings is 1. The number of anilines is 1. The van der Waals surface area contributed by atoms with Crippen LogP contribution in [0.4, 0.5) is 5.69 Å². The Morgan fingerprint density at radius 1 is 1.42 bits per heavy atom. The first-order chi connectivity index (χ1) is 12.4. The van der Waals surface area contributed by atoms with Crippen LogP contribution >= 0.6 is 11.3 Å². The second-order valence-corrected chi connectivity index (χ2v) is 6.98. The minimum absolute atomic E-state index is 0.118. The number of rotatable bonds is 3. The van der Waals surface area contributed by atoms with Crippen LogP contribution in [0.25, 0.3) is 16.2 Å². The second kappa shape index (κ2) is 5.84. The number of aromatic nitrogens is 2. The number of carboxylic acid groups (broad SMARTS) is 1. The number of amides is 1. The average Bonchev–Trinajstić information content (AvgIpc) is 3.18. The number of hydrogen-bond donors (Lipinski definition) is 1. The van der Waals surface area contributed by atoms with Gasteiger partial charge in [0.05, 0.1) is 17.1 Å². The van der Waals surface area contributed by atoms with Gasteiger partial charge in [-0.1, -0.05) is 6.92 Å². The number of thiazole rings is 1. The molecule has 2 aromatic heterocycles. The highest BCUT2D eigenvalue weighted by Gasteiger charge is 2.29. The number of likely N-dealkylation sites (N-methyl/N-ethyl adjacent to an activating group) is 1. The number of fused-ring (bicyclic) bond motifs is 2. The van der Waals surface area contributed by atoms with Crippen molar-refractivity contribution in [2.45, 2.75) is 26.4 Å². The number of aromatic carboxylic acids is 1. The van der Waals surface area contributed by atoms with E-state index in [0.717, 1.165) is 11.3 Å². The molecule has 134 valence electrons. The molecule has 7 nitrogen and oxygen atoms in total. The first kappa shape index (κ1) is 16.6. The van der Waals surface area contributed by atoms with Crippen LogP contribution in [0.2, 0.25) is 0 Å². The average molecular weight is 371 g/mol. The summed E-state index contributed by atoms with van der Waals surface area (Å²) in [5, 5.41) is 11.5. The Kier molecular flexibility index (Phi) is 3.73. The van der Waals surface area contributed by atoms with Gasteiger partial charge in [0.15, 0.2) is 16.8 Å². The molecule has 0 fully saturated rings. The summed E-state index contributed by atoms with van der Waals surface area (Å²) in [6.07, 6.45) is 0.0217. The molecule has 0 saturated carbocycles. The van der Waals surface area contributed by atoms with Gasteiger partial charge in [-0.25, -0.2) is 9.78 Å². The summed E-state index contributed by atoms with van der Waals surface area (Å²) in [5.74, 6) is -0.489. The highest BCUT2D eigenvalue weighted by molar-refractivity contribution is 7.15. The fraction of sp³-hybridized carbons (Fsp3) is 0.278. The maximum Gasteiger partial charge on any atom is 0.354 e. The van der Waals surface area contributed by atoms with Crippen LogP contribution in [0.1, 0.15) is 30.0 Å². The molecule has 3 heterocycles. The SMILES string of the molecule is CCc1nc2scc(-c3ccc4c(c3)N(C)C(=O)C(C)O4)n2c1C(=O)O. The molecule has 1 N–H and O–H groups in total. The Bertz CT molecular complexity index is 1050. The van der Waals surface area contributed by atoms with Crippen molar-refractivity contribution < 1.29 is 19.4 Å². The predicted octanol–water partition coefficient (Wildman–Crippen LogP) is 3.07. The normalized spacial score (nSPS) is 16.7. The summed E-state index contributed by atoms with van der Waals surface area (Å²) < 4.78 is 7.32. The lowest BCUT2D eigenvalue weighted by atomic mass is 10.1. The highest BCUT2D eigenvalue weighted by atomic mass is 32.1. The van der Waals surface area contributed by atoms with Crippen molar-refractivity contribution in [1.29, 1.82) is 0 Å². The smallest absolute Gasteiger partial charge is 0.354 e. The number of carbonyl (C=O) groups excluding carboxylic acids is 1. The van der Waals surface area contributed by atoms with Gasteiger partial charge in [-0.3, -0.25) is 9.20 Å². The van der Waals surface area contributed by atoms with Gasteiger partial charge >= 0.3 is 5.97 Å². The fourth-order valence-corrected chi connectivity index (χ4v) is 4.16. The zero-order valence-corrected chi connectivity index (χ0v) is 15.3. The minimum Gasteiger partial charge on any atom is -0.479 e. The van der Waals surface area contributed by atoms with Gasteiger partial charge in [0, 0.05) is 18.0 Å². The van der Waals surface area contributed by atoms with Gasteiger partial charge in [0.25, 0.3) is 5.91 Å². The van der Waals surface area contributed by atoms with E-state index in [1.807, 2.05) is 30.5 Å². The molecule has 4 rings (SSSR count). The van der Waals surface area contributed by atoms with Crippen LogP contribution in [0.3, 0.4) is 0 Å². The van der Waals surface area contributed by atoms with E-state index in [0.29, 0.717) is 28.5 Å². The Labute approximate surface area is 153 Å². The van der Waals surface area contributed by atoms with Gasteiger partial charge in [-0.05, 0) is 31.5 Å². The van der Waals surface area contributed by atoms with Crippen LogP contribution < -0.4 is 9.64 Å². The largest absolute Gasteiger partial charge is 0.479 e. The molecule has 0 radical (unpaired) electrons. The third kappa shape index (κ3) is 2.29. The number of carbonyl (C=O) groups is 2. The topological polar surface area (TPSA) is 84.1 Å². The van der Waals surface area contributed by atoms with E-state index in [1.54, 1.807) is 23.3 Å². The van der Waals surface area contributed by atoms with E-state index in [-0.39, 0.29) is 11.6 Å². The lowest BCUT2D eigenvalue weighted by Gasteiger charge is -2.30. The molecule has 8 heteroatoms. The van der Waals surface area contributed by atoms with Crippen LogP contribution in [0.5, 0.6) is 5.75 Å². The first-order valence-electron chi connectivity index (χ1n) is 8.23. The molecule has 0 aliphatic carbocycles. The van der Waals surface area contributed by atoms with Crippen LogP contribution in [-0.2, 0) is 11.2 Å². The van der Waals surface area contributed by atoms with E-state index < -0.39 is 12.1 Å². The number of imidazole rings is 1. The Morgan fingerprint density at radius 3 is 2.88 bits per heavy atom. The number of ether oxygens (including phenoxy) is 1. The van der Waals surface area contributed by atoms with Gasteiger partial charge in [0.2, 0.25) is 0 Å². The summed E-state index contributed by atoms with van der Waals surface area (Å²) in [6, 6.07) is 5.53. The maximum atomic E-state index is 12.2. The van der Waals surface area contributed by atoms with Crippen molar-refractivity contribution in [2.24, 2.45) is 0 Å². The summed E-state index contributed by atoms with van der Waals surface area (Å²) in [4.78, 5) is 30.6. The lowest BCUT2D eigenvalue weighted by molar-refractivity contribution is -0.125. The zero-order valence-electron chi connectivity index (χ0n) is 14.5. The van der Waals surface area contributed by atoms with Crippen LogP contribution in [0.15, 0.2) is 23.6 Å². The second-order valence-electron chi connectivity index (χ2n) is 6.14. The monoisotopic (exact) mass is 371 g/mol. The summed E-state index contributed by atoms with van der Waals surface area (Å²) in [6.45, 7) is 3.60. The van der Waals surface area contributed by atoms with Crippen molar-refractivity contribution in [2.75, 3.05) is 11.9 Å². The van der Waals surface area contributed by atoms with E-state index in [4.69, 9.17) is 4.74 Å². The molecule has 1 aliphatic rings. The van der Waals surface area contributed by atoms with E-state index in [1.165, 1.54) is 11.3 Å². The number of aryl methyl sites for hydroxylation is 1. The summed E-state index contributed by atoms with van der Waals surface area (Å²) in [5.41, 5.74) is 2.95. The molecule has 26 heavy (non-hydrogen) atoms. The van der Waals surface area contributed by atoms with E-state index >= 15 is 0 Å². The van der Waals surface area contributed by atoms with Gasteiger partial charge < -0.3 is 14.7 Å². The van der Waals surface area contributed by atoms with Gasteiger partial charge in [-0.15, -0.1) is 11.3 Å². The summed E-state index contributed by atoms with van der Waals surface area (Å²) in [7, 11) is 1.71. The third-order valence-electron chi connectivity index (χ3n) is 4.57. The molecule has 3 aromatic rings. The number of carboxylic acids is 1. The van der Waals surface area contributed by atoms with Gasteiger partial charge in [-0.2, -0.15) is 0 Å². The minimum atomic E-state index is -1.00. The zero-order chi connectivity index (χ0) is 18.6. The highest BCUT2D eigenvalue weighted by Crippen LogP contribution is 2.38. The number of hydrogen-bond acceptors (Lipinski definition) is 5. The van der Waals surface area contributed by atoms with E-state index in [2.05, 4.69) is 4.98 Å². The molecule has 1 aromatic carbocycles. The fourth-order valence-electron chi connectivity index (χ4n) is 3.24. The van der Waals surface area contributed by atoms with Crippen molar-refractivity contribution in [3.63, 3.8) is 0 Å². The first-order valence-corrected chi connectivity index (χ1v) is 9.11. The standard InChI is InChI=1S/C18H17N3O4S/c1-4-11-15(17(23)24)21-13(8-26-18(21)19-11)10-5-6-14-12(7-10)20(3)16(22)9(2)25-14/h5-9H,4H2,1-3H3,(H,23,24). The Balaban J connectivity index is 1.91. The molecule has 1 aliphatic heterocycles. The number of nitrogens with zero attached hydrogens (tertiary/aromatic N) is 3. The predicted molar refractivity (Wildman–Crippen MR) is 98.3 cm³/mol. The Hall–Kier alpha value is -2.87. The molecule has 1 atom stereocenters. The maximum absolute atomic E-state index is 12.2. The molecule has 0 spiro atoms. The lowest BCUT2D eigenvalue weighted by Crippen LogP contribution is -2.41. The molecule has 0 bridgehead atoms. The van der Waals surface area contributed by atoms with Crippen molar-refractivity contribution in [1.82, 2.24) is 9.38 Å². The quantitative estimate of drug-likeness (QED) is 0.765. The van der Waals surface area contributed by atoms with Crippen molar-refractivity contribution in [3.8, 4) is 17.0 Å². The molecule has 1 unspecified atom stereocenters. The summed E-state index contributed by atoms with van der Waals surface area (Å²) >= 11 is 1.39. The van der Waals surface area contributed by atoms with Gasteiger partial charge in [0.1, 0.15) is 5.75 Å². The molecule has 1 amide bonds. The molecular formula is C18H17N3O4S. The molecular weight excluding hydrogens is 354 g/mol. The van der Waals surface area contributed by atoms with E-state index in [9.17, 15) is 14.7 Å². The van der Waals surface area contributed by atoms with Crippen LogP contribution in [0, 0.1) is 0 Å². The van der Waals surface area contributed by atoms with Crippen LogP contribution in [-0.4, -0.2) is 39.5 Å². The third-order valence-corrected chi connectivity index (χ3v) is 5.40. The molecule has 0 saturated heterocycles. The Morgan fingerprint density at radius 2 is 2.19 bits per heavy atom.